The molecule has 1 heteroatoms. The zero-order valence-corrected chi connectivity index (χ0v) is 7.66. The fourth-order valence-electron chi connectivity index (χ4n) is 2.36. The van der Waals surface area contributed by atoms with Gasteiger partial charge in [0, 0.05) is 17.9 Å². The summed E-state index contributed by atoms with van der Waals surface area (Å²) in [4.78, 5) is 0. The third kappa shape index (κ3) is 0.998. The van der Waals surface area contributed by atoms with Gasteiger partial charge >= 0.3 is 0 Å². The number of pyridine rings is 1. The van der Waals surface area contributed by atoms with Crippen molar-refractivity contribution in [3.63, 3.8) is 0 Å². The summed E-state index contributed by atoms with van der Waals surface area (Å²) in [5.41, 5.74) is 4.57. The highest BCUT2D eigenvalue weighted by Gasteiger charge is 2.13. The second kappa shape index (κ2) is 2.63. The molecule has 2 aromatic rings. The summed E-state index contributed by atoms with van der Waals surface area (Å²) in [6.45, 7) is 0. The van der Waals surface area contributed by atoms with Crippen molar-refractivity contribution in [1.29, 1.82) is 0 Å². The van der Waals surface area contributed by atoms with Crippen molar-refractivity contribution >= 4 is 5.52 Å². The minimum absolute atomic E-state index is 1.27. The van der Waals surface area contributed by atoms with Crippen molar-refractivity contribution in [2.45, 2.75) is 25.7 Å². The van der Waals surface area contributed by atoms with Gasteiger partial charge in [-0.15, -0.1) is 0 Å². The normalized spacial score (nSPS) is 16.0. The van der Waals surface area contributed by atoms with E-state index in [2.05, 4.69) is 35.0 Å². The smallest absolute Gasteiger partial charge is 0.0484 e. The fraction of sp³-hybridized carbons (Fsp3) is 0.333. The molecule has 2 aromatic heterocycles. The summed E-state index contributed by atoms with van der Waals surface area (Å²) < 4.78 is 2.26. The molecule has 1 aliphatic carbocycles. The second-order valence-electron chi connectivity index (χ2n) is 3.83. The Bertz CT molecular complexity index is 439. The lowest BCUT2D eigenvalue weighted by Gasteiger charge is -2.09. The Balaban J connectivity index is 2.34. The van der Waals surface area contributed by atoms with Crippen molar-refractivity contribution in [3.8, 4) is 0 Å². The molecule has 13 heavy (non-hydrogen) atoms. The molecule has 0 N–H and O–H groups in total. The Morgan fingerprint density at radius 1 is 1.08 bits per heavy atom. The predicted molar refractivity (Wildman–Crippen MR) is 54.0 cm³/mol. The van der Waals surface area contributed by atoms with Crippen LogP contribution in [0.2, 0.25) is 0 Å². The number of nitrogens with zero attached hydrogens (tertiary/aromatic N) is 1. The first-order chi connectivity index (χ1) is 6.45. The minimum atomic E-state index is 1.27. The van der Waals surface area contributed by atoms with Crippen LogP contribution in [0.1, 0.15) is 24.0 Å². The van der Waals surface area contributed by atoms with E-state index in [4.69, 9.17) is 0 Å². The number of hydrogen-bond donors (Lipinski definition) is 0. The van der Waals surface area contributed by atoms with E-state index in [0.717, 1.165) is 0 Å². The molecule has 2 heterocycles. The zero-order chi connectivity index (χ0) is 8.67. The summed E-state index contributed by atoms with van der Waals surface area (Å²) >= 11 is 0. The molecule has 0 bridgehead atoms. The third-order valence-corrected chi connectivity index (χ3v) is 3.00. The van der Waals surface area contributed by atoms with Crippen LogP contribution in [0.4, 0.5) is 0 Å². The van der Waals surface area contributed by atoms with Crippen LogP contribution in [0.15, 0.2) is 30.6 Å². The third-order valence-electron chi connectivity index (χ3n) is 3.00. The lowest BCUT2D eigenvalue weighted by Crippen LogP contribution is -1.98. The number of fused-ring (bicyclic) bond motifs is 3. The molecule has 0 amide bonds. The summed E-state index contributed by atoms with van der Waals surface area (Å²) in [6.07, 6.45) is 9.72. The van der Waals surface area contributed by atoms with E-state index in [9.17, 15) is 0 Å². The van der Waals surface area contributed by atoms with Crippen molar-refractivity contribution in [2.75, 3.05) is 0 Å². The first kappa shape index (κ1) is 7.19. The maximum atomic E-state index is 2.30. The Labute approximate surface area is 78.0 Å². The fourth-order valence-corrected chi connectivity index (χ4v) is 2.36. The van der Waals surface area contributed by atoms with Gasteiger partial charge in [0.25, 0.3) is 0 Å². The van der Waals surface area contributed by atoms with Gasteiger partial charge in [-0.3, -0.25) is 0 Å². The van der Waals surface area contributed by atoms with Crippen LogP contribution in [0.3, 0.4) is 0 Å². The zero-order valence-electron chi connectivity index (χ0n) is 7.66. The molecule has 0 atom stereocenters. The summed E-state index contributed by atoms with van der Waals surface area (Å²) in [7, 11) is 0. The van der Waals surface area contributed by atoms with Gasteiger partial charge in [0.05, 0.1) is 0 Å². The molecule has 0 unspecified atom stereocenters. The summed E-state index contributed by atoms with van der Waals surface area (Å²) in [5, 5.41) is 0. The average molecular weight is 171 g/mol. The highest BCUT2D eigenvalue weighted by molar-refractivity contribution is 5.59. The second-order valence-corrected chi connectivity index (χ2v) is 3.83. The Morgan fingerprint density at radius 2 is 2.00 bits per heavy atom. The molecule has 0 fully saturated rings. The van der Waals surface area contributed by atoms with Gasteiger partial charge in [-0.2, -0.15) is 0 Å². The topological polar surface area (TPSA) is 4.41 Å². The van der Waals surface area contributed by atoms with E-state index in [-0.39, 0.29) is 0 Å². The van der Waals surface area contributed by atoms with Gasteiger partial charge < -0.3 is 4.40 Å². The molecule has 0 aromatic carbocycles. The number of hydrogen-bond acceptors (Lipinski definition) is 0. The van der Waals surface area contributed by atoms with Crippen molar-refractivity contribution in [3.05, 3.63) is 41.7 Å². The quantitative estimate of drug-likeness (QED) is 0.574. The molecule has 0 saturated heterocycles. The molecule has 0 aliphatic heterocycles. The molecule has 0 spiro atoms. The van der Waals surface area contributed by atoms with Gasteiger partial charge in [-0.25, -0.2) is 0 Å². The Hall–Kier alpha value is -1.24. The van der Waals surface area contributed by atoms with E-state index in [1.807, 2.05) is 0 Å². The molecule has 3 rings (SSSR count). The molecular formula is C12H13N. The first-order valence-corrected chi connectivity index (χ1v) is 5.02. The molecule has 0 saturated carbocycles. The largest absolute Gasteiger partial charge is 0.323 e. The van der Waals surface area contributed by atoms with Gasteiger partial charge in [0.1, 0.15) is 0 Å². The Kier molecular flexibility index (Phi) is 1.45. The van der Waals surface area contributed by atoms with Crippen LogP contribution in [0, 0.1) is 0 Å². The molecule has 1 nitrogen and oxygen atoms in total. The van der Waals surface area contributed by atoms with E-state index in [1.54, 1.807) is 11.1 Å². The van der Waals surface area contributed by atoms with Crippen LogP contribution in [-0.2, 0) is 12.8 Å². The lowest BCUT2D eigenvalue weighted by molar-refractivity contribution is 0.693. The van der Waals surface area contributed by atoms with E-state index < -0.39 is 0 Å². The van der Waals surface area contributed by atoms with Crippen LogP contribution in [0.25, 0.3) is 5.52 Å². The number of rotatable bonds is 0. The predicted octanol–water partition coefficient (Wildman–Crippen LogP) is 2.82. The lowest BCUT2D eigenvalue weighted by atomic mass is 9.95. The first-order valence-electron chi connectivity index (χ1n) is 5.02. The molecule has 66 valence electrons. The molecule has 1 aliphatic rings. The van der Waals surface area contributed by atoms with Gasteiger partial charge in [0.15, 0.2) is 0 Å². The maximum Gasteiger partial charge on any atom is 0.0484 e. The Morgan fingerprint density at radius 3 is 3.00 bits per heavy atom. The van der Waals surface area contributed by atoms with E-state index in [1.165, 1.54) is 31.2 Å². The number of aryl methyl sites for hydroxylation is 2. The van der Waals surface area contributed by atoms with Gasteiger partial charge in [-0.1, -0.05) is 6.07 Å². The van der Waals surface area contributed by atoms with Crippen LogP contribution < -0.4 is 0 Å². The van der Waals surface area contributed by atoms with Gasteiger partial charge in [-0.05, 0) is 48.9 Å². The maximum absolute atomic E-state index is 2.30. The highest BCUT2D eigenvalue weighted by atomic mass is 14.9. The number of aromatic nitrogens is 1. The van der Waals surface area contributed by atoms with Crippen molar-refractivity contribution in [1.82, 2.24) is 4.40 Å². The standard InChI is InChI=1S/C12H13N/c1-2-6-11-10(5-1)9-13-8-4-3-7-12(11)13/h3-4,7-9H,1-2,5-6H2. The minimum Gasteiger partial charge on any atom is -0.323 e. The summed E-state index contributed by atoms with van der Waals surface area (Å²) in [6, 6.07) is 6.45. The van der Waals surface area contributed by atoms with Gasteiger partial charge in [0.2, 0.25) is 0 Å². The van der Waals surface area contributed by atoms with Crippen molar-refractivity contribution in [2.24, 2.45) is 0 Å². The highest BCUT2D eigenvalue weighted by Crippen LogP contribution is 2.26. The van der Waals surface area contributed by atoms with Crippen molar-refractivity contribution < 1.29 is 0 Å². The SMILES string of the molecule is c1ccn2cc3c(c2c1)CCCC3. The van der Waals surface area contributed by atoms with Crippen LogP contribution >= 0.6 is 0 Å². The molecule has 0 radical (unpaired) electrons. The average Bonchev–Trinajstić information content (AvgIpc) is 2.56. The summed E-state index contributed by atoms with van der Waals surface area (Å²) in [5.74, 6) is 0. The van der Waals surface area contributed by atoms with Crippen LogP contribution in [0.5, 0.6) is 0 Å². The van der Waals surface area contributed by atoms with E-state index >= 15 is 0 Å². The monoisotopic (exact) mass is 171 g/mol. The molecular weight excluding hydrogens is 158 g/mol. The van der Waals surface area contributed by atoms with Crippen LogP contribution in [-0.4, -0.2) is 4.40 Å². The van der Waals surface area contributed by atoms with E-state index in [0.29, 0.717) is 0 Å².